The Balaban J connectivity index is 1.32. The molecule has 0 aliphatic carbocycles. The molecule has 1 aromatic carbocycles. The van der Waals surface area contributed by atoms with Gasteiger partial charge < -0.3 is 15.0 Å². The van der Waals surface area contributed by atoms with Gasteiger partial charge in [-0.3, -0.25) is 19.5 Å². The Morgan fingerprint density at radius 2 is 2.06 bits per heavy atom. The van der Waals surface area contributed by atoms with Gasteiger partial charge in [0, 0.05) is 31.3 Å². The minimum absolute atomic E-state index is 0.172. The van der Waals surface area contributed by atoms with Gasteiger partial charge in [0.25, 0.3) is 5.91 Å². The third-order valence-electron chi connectivity index (χ3n) is 6.29. The van der Waals surface area contributed by atoms with E-state index in [1.165, 1.54) is 23.3 Å². The summed E-state index contributed by atoms with van der Waals surface area (Å²) in [6.45, 7) is 0.408. The van der Waals surface area contributed by atoms with Gasteiger partial charge in [0.15, 0.2) is 0 Å². The smallest absolute Gasteiger partial charge is 0.410 e. The number of aromatic nitrogens is 2. The van der Waals surface area contributed by atoms with Gasteiger partial charge in [0.2, 0.25) is 0 Å². The highest BCUT2D eigenvalue weighted by atomic mass is 35.5. The van der Waals surface area contributed by atoms with Crippen LogP contribution in [0, 0.1) is 0 Å². The van der Waals surface area contributed by atoms with E-state index >= 15 is 0 Å². The molecule has 0 spiro atoms. The number of aromatic amines is 1. The normalized spacial score (nSPS) is 19.4. The van der Waals surface area contributed by atoms with Gasteiger partial charge in [0.05, 0.1) is 35.0 Å². The van der Waals surface area contributed by atoms with Crippen LogP contribution < -0.4 is 10.2 Å². The van der Waals surface area contributed by atoms with Crippen LogP contribution in [0.15, 0.2) is 61.1 Å². The average molecular weight is 527 g/mol. The monoisotopic (exact) mass is 526 g/mol. The number of H-pyrrole nitrogens is 1. The van der Waals surface area contributed by atoms with E-state index < -0.39 is 12.1 Å². The van der Waals surface area contributed by atoms with Crippen LogP contribution in [-0.2, 0) is 4.74 Å². The average Bonchev–Trinajstić information content (AvgIpc) is 3.68. The van der Waals surface area contributed by atoms with Crippen LogP contribution in [0.2, 0.25) is 4.34 Å². The van der Waals surface area contributed by atoms with Crippen LogP contribution in [0.4, 0.5) is 15.3 Å². The van der Waals surface area contributed by atoms with E-state index in [4.69, 9.17) is 16.3 Å². The second kappa shape index (κ2) is 9.67. The standard InChI is InChI=1S/C24H23ClN6O4S/c1-29(24(34)35-2)20(21-26-10-11-27-21)14-3-5-15(6-4-14)31-13-17-16(9-12-30(17)23(31)33)28-22(32)18-7-8-19(25)36-18/h3-12,16-17,20H,13H2,1-2H3,(H,26,27)(H,28,32)/t16-,17-,20?/m1/s1. The zero-order valence-corrected chi connectivity index (χ0v) is 21.0. The molecule has 1 fully saturated rings. The lowest BCUT2D eigenvalue weighted by molar-refractivity contribution is 0.0940. The Morgan fingerprint density at radius 1 is 1.28 bits per heavy atom. The fourth-order valence-corrected chi connectivity index (χ4v) is 5.45. The van der Waals surface area contributed by atoms with Crippen molar-refractivity contribution in [3.8, 4) is 0 Å². The summed E-state index contributed by atoms with van der Waals surface area (Å²) in [5.74, 6) is 0.363. The van der Waals surface area contributed by atoms with Crippen LogP contribution in [0.5, 0.6) is 0 Å². The van der Waals surface area contributed by atoms with Gasteiger partial charge >= 0.3 is 12.1 Å². The molecule has 5 rings (SSSR count). The predicted octanol–water partition coefficient (Wildman–Crippen LogP) is 3.85. The Labute approximate surface area is 216 Å². The lowest BCUT2D eigenvalue weighted by atomic mass is 10.0. The van der Waals surface area contributed by atoms with E-state index in [1.807, 2.05) is 30.3 Å². The number of ether oxygens (including phenoxy) is 1. The van der Waals surface area contributed by atoms with Crippen molar-refractivity contribution >= 4 is 46.7 Å². The molecule has 2 aliphatic heterocycles. The summed E-state index contributed by atoms with van der Waals surface area (Å²) >= 11 is 7.16. The lowest BCUT2D eigenvalue weighted by Crippen LogP contribution is -2.44. The summed E-state index contributed by atoms with van der Waals surface area (Å²) in [7, 11) is 2.96. The molecule has 0 saturated carbocycles. The Bertz CT molecular complexity index is 1310. The van der Waals surface area contributed by atoms with Crippen molar-refractivity contribution < 1.29 is 19.1 Å². The molecule has 4 amide bonds. The van der Waals surface area contributed by atoms with Gasteiger partial charge in [0.1, 0.15) is 11.9 Å². The molecule has 1 saturated heterocycles. The molecular formula is C24H23ClN6O4S. The van der Waals surface area contributed by atoms with Crippen LogP contribution in [0.3, 0.4) is 0 Å². The lowest BCUT2D eigenvalue weighted by Gasteiger charge is -2.26. The fourth-order valence-electron chi connectivity index (χ4n) is 4.51. The van der Waals surface area contributed by atoms with Crippen molar-refractivity contribution in [2.24, 2.45) is 0 Å². The first-order valence-electron chi connectivity index (χ1n) is 11.1. The molecule has 36 heavy (non-hydrogen) atoms. The number of nitrogens with one attached hydrogen (secondary N) is 2. The largest absolute Gasteiger partial charge is 0.453 e. The molecule has 2 aliphatic rings. The number of rotatable bonds is 6. The molecule has 0 bridgehead atoms. The molecule has 2 N–H and O–H groups in total. The number of methoxy groups -OCH3 is 1. The number of nitrogens with zero attached hydrogens (tertiary/aromatic N) is 4. The topological polar surface area (TPSA) is 111 Å². The number of thiophene rings is 1. The van der Waals surface area contributed by atoms with Crippen molar-refractivity contribution in [2.45, 2.75) is 18.1 Å². The number of imidazole rings is 1. The number of carbonyl (C=O) groups is 3. The van der Waals surface area contributed by atoms with Crippen molar-refractivity contribution in [1.29, 1.82) is 0 Å². The van der Waals surface area contributed by atoms with Gasteiger partial charge in [-0.05, 0) is 35.9 Å². The minimum atomic E-state index is -0.500. The summed E-state index contributed by atoms with van der Waals surface area (Å²) in [4.78, 5) is 50.6. The molecule has 1 unspecified atom stereocenters. The third-order valence-corrected chi connectivity index (χ3v) is 7.52. The summed E-state index contributed by atoms with van der Waals surface area (Å²) in [6.07, 6.45) is 6.35. The first-order chi connectivity index (χ1) is 17.4. The van der Waals surface area contributed by atoms with E-state index in [0.29, 0.717) is 27.3 Å². The number of fused-ring (bicyclic) bond motifs is 1. The summed E-state index contributed by atoms with van der Waals surface area (Å²) in [5, 5.41) is 2.99. The maximum atomic E-state index is 13.1. The predicted molar refractivity (Wildman–Crippen MR) is 135 cm³/mol. The summed E-state index contributed by atoms with van der Waals surface area (Å²) < 4.78 is 5.43. The van der Waals surface area contributed by atoms with Gasteiger partial charge in [-0.15, -0.1) is 11.3 Å². The number of carbonyl (C=O) groups excluding carboxylic acids is 3. The number of anilines is 1. The van der Waals surface area contributed by atoms with Crippen LogP contribution in [0.1, 0.15) is 27.1 Å². The zero-order valence-electron chi connectivity index (χ0n) is 19.4. The van der Waals surface area contributed by atoms with Gasteiger partial charge in [-0.1, -0.05) is 23.7 Å². The highest BCUT2D eigenvalue weighted by molar-refractivity contribution is 7.18. The van der Waals surface area contributed by atoms with Crippen LogP contribution >= 0.6 is 22.9 Å². The number of benzene rings is 1. The molecule has 3 atom stereocenters. The summed E-state index contributed by atoms with van der Waals surface area (Å²) in [5.41, 5.74) is 1.51. The van der Waals surface area contributed by atoms with Crippen molar-refractivity contribution in [3.63, 3.8) is 0 Å². The number of hydrogen-bond acceptors (Lipinski definition) is 6. The third kappa shape index (κ3) is 4.31. The Hall–Kier alpha value is -3.83. The SMILES string of the molecule is COC(=O)N(C)C(c1ccc(N2C[C@@H]3[C@H](NC(=O)c4ccc(Cl)s4)C=CN3C2=O)cc1)c1ncc[nH]1. The molecule has 12 heteroatoms. The van der Waals surface area contributed by atoms with Crippen LogP contribution in [0.25, 0.3) is 0 Å². The van der Waals surface area contributed by atoms with E-state index in [9.17, 15) is 14.4 Å². The first-order valence-corrected chi connectivity index (χ1v) is 12.3. The molecular weight excluding hydrogens is 504 g/mol. The highest BCUT2D eigenvalue weighted by Gasteiger charge is 2.44. The number of halogens is 1. The molecule has 186 valence electrons. The van der Waals surface area contributed by atoms with Crippen molar-refractivity contribution in [3.05, 3.63) is 81.7 Å². The zero-order chi connectivity index (χ0) is 25.4. The second-order valence-corrected chi connectivity index (χ2v) is 10.1. The van der Waals surface area contributed by atoms with E-state index in [-0.39, 0.29) is 24.0 Å². The Kier molecular flexibility index (Phi) is 6.42. The van der Waals surface area contributed by atoms with Crippen molar-refractivity contribution in [2.75, 3.05) is 25.6 Å². The highest BCUT2D eigenvalue weighted by Crippen LogP contribution is 2.32. The number of hydrogen-bond donors (Lipinski definition) is 2. The van der Waals surface area contributed by atoms with E-state index in [0.717, 1.165) is 5.56 Å². The van der Waals surface area contributed by atoms with Gasteiger partial charge in [-0.25, -0.2) is 14.6 Å². The molecule has 0 radical (unpaired) electrons. The fraction of sp³-hybridized carbons (Fsp3) is 0.250. The first kappa shape index (κ1) is 23.9. The maximum absolute atomic E-state index is 13.1. The minimum Gasteiger partial charge on any atom is -0.453 e. The van der Waals surface area contributed by atoms with Crippen LogP contribution in [-0.4, -0.2) is 70.6 Å². The second-order valence-electron chi connectivity index (χ2n) is 8.36. The molecule has 3 aromatic rings. The quantitative estimate of drug-likeness (QED) is 0.507. The van der Waals surface area contributed by atoms with E-state index in [2.05, 4.69) is 15.3 Å². The molecule has 2 aromatic heterocycles. The summed E-state index contributed by atoms with van der Waals surface area (Å²) in [6, 6.07) is 9.54. The molecule has 10 nitrogen and oxygen atoms in total. The van der Waals surface area contributed by atoms with Crippen molar-refractivity contribution in [1.82, 2.24) is 25.1 Å². The van der Waals surface area contributed by atoms with Gasteiger partial charge in [-0.2, -0.15) is 0 Å². The maximum Gasteiger partial charge on any atom is 0.410 e. The Morgan fingerprint density at radius 3 is 2.69 bits per heavy atom. The van der Waals surface area contributed by atoms with E-state index in [1.54, 1.807) is 47.6 Å². The molecule has 4 heterocycles. The number of urea groups is 1. The number of amides is 4.